The molecule has 2 saturated heterocycles. The number of hydrogen-bond acceptors (Lipinski definition) is 16. The second-order valence-corrected chi connectivity index (χ2v) is 19.0. The van der Waals surface area contributed by atoms with E-state index in [2.05, 4.69) is 113 Å². The Hall–Kier alpha value is -7.52. The molecule has 6 aromatic rings. The van der Waals surface area contributed by atoms with Crippen LogP contribution in [0.3, 0.4) is 0 Å². The molecule has 10 rings (SSSR count). The fourth-order valence-corrected chi connectivity index (χ4v) is 10.2. The minimum absolute atomic E-state index is 0.0628. The Morgan fingerprint density at radius 2 is 0.973 bits per heavy atom. The number of allylic oxidation sites excluding steroid dienone is 2. The number of benzene rings is 2. The second-order valence-electron chi connectivity index (χ2n) is 19.0. The van der Waals surface area contributed by atoms with E-state index in [-0.39, 0.29) is 23.9 Å². The van der Waals surface area contributed by atoms with E-state index < -0.39 is 0 Å². The summed E-state index contributed by atoms with van der Waals surface area (Å²) in [6.45, 7) is 11.8. The molecule has 20 nitrogen and oxygen atoms in total. The van der Waals surface area contributed by atoms with Crippen LogP contribution < -0.4 is 30.7 Å². The van der Waals surface area contributed by atoms with Gasteiger partial charge in [0.05, 0.1) is 50.1 Å². The number of fused-ring (bicyclic) bond motifs is 2. The molecule has 0 saturated carbocycles. The van der Waals surface area contributed by atoms with Gasteiger partial charge in [-0.15, -0.1) is 10.2 Å². The van der Waals surface area contributed by atoms with Crippen molar-refractivity contribution in [3.63, 3.8) is 0 Å². The molecule has 74 heavy (non-hydrogen) atoms. The van der Waals surface area contributed by atoms with Crippen LogP contribution >= 0.6 is 0 Å². The topological polar surface area (TPSA) is 201 Å². The molecule has 2 fully saturated rings. The average Bonchev–Trinajstić information content (AvgIpc) is 4.21. The summed E-state index contributed by atoms with van der Waals surface area (Å²) in [6, 6.07) is 15.7. The highest BCUT2D eigenvalue weighted by Crippen LogP contribution is 2.38. The molecule has 388 valence electrons. The standard InChI is InChI=1S/2C27H34N8O2/c2*1-5-24(35-15-13-33(2)14-16-35)25(36)29-21-8-6-7-18-19(21)9-10-20(18)22-11-12-28-27(30-22)31-23-17-34(3)32-26(23)37-4/h2*6-8,10-12,17,24H,5,9,13-16H2,1-4H3,(H,29,36)(H,28,30,31)/t2*24-/m10/s1. The number of piperazine rings is 2. The van der Waals surface area contributed by atoms with Gasteiger partial charge < -0.3 is 40.5 Å². The number of carbonyl (C=O) groups excluding carboxylic acids is 2. The number of ether oxygens (including phenoxy) is 2. The summed E-state index contributed by atoms with van der Waals surface area (Å²) in [5, 5.41) is 21.4. The van der Waals surface area contributed by atoms with E-state index in [9.17, 15) is 9.59 Å². The van der Waals surface area contributed by atoms with Crippen molar-refractivity contribution in [1.82, 2.24) is 59.1 Å². The number of aryl methyl sites for hydroxylation is 2. The lowest BCUT2D eigenvalue weighted by atomic mass is 10.0. The van der Waals surface area contributed by atoms with Gasteiger partial charge >= 0.3 is 0 Å². The fraction of sp³-hybridized carbons (Fsp3) is 0.407. The van der Waals surface area contributed by atoms with E-state index in [4.69, 9.17) is 19.4 Å². The molecule has 4 N–H and O–H groups in total. The number of amides is 2. The van der Waals surface area contributed by atoms with Crippen molar-refractivity contribution in [1.29, 1.82) is 0 Å². The zero-order valence-corrected chi connectivity index (χ0v) is 43.7. The first kappa shape index (κ1) is 51.4. The molecule has 6 heterocycles. The molecule has 4 aliphatic rings. The van der Waals surface area contributed by atoms with E-state index in [0.29, 0.717) is 35.0 Å². The molecule has 2 aliphatic heterocycles. The third-order valence-corrected chi connectivity index (χ3v) is 14.1. The Labute approximate surface area is 432 Å². The first-order valence-electron chi connectivity index (χ1n) is 25.4. The predicted molar refractivity (Wildman–Crippen MR) is 288 cm³/mol. The van der Waals surface area contributed by atoms with E-state index in [0.717, 1.165) is 134 Å². The minimum atomic E-state index is -0.127. The molecular formula is C54H68N16O4. The van der Waals surface area contributed by atoms with E-state index in [1.807, 2.05) is 62.9 Å². The van der Waals surface area contributed by atoms with Crippen molar-refractivity contribution in [2.24, 2.45) is 14.1 Å². The first-order valence-corrected chi connectivity index (χ1v) is 25.4. The largest absolute Gasteiger partial charge is 0.478 e. The lowest BCUT2D eigenvalue weighted by Crippen LogP contribution is -2.52. The first-order chi connectivity index (χ1) is 35.9. The molecule has 4 aromatic heterocycles. The molecule has 20 heteroatoms. The Kier molecular flexibility index (Phi) is 16.1. The van der Waals surface area contributed by atoms with Gasteiger partial charge in [0.15, 0.2) is 0 Å². The van der Waals surface area contributed by atoms with Crippen LogP contribution in [0.15, 0.2) is 85.5 Å². The minimum Gasteiger partial charge on any atom is -0.478 e. The summed E-state index contributed by atoms with van der Waals surface area (Å²) >= 11 is 0. The van der Waals surface area contributed by atoms with Crippen molar-refractivity contribution in [2.45, 2.75) is 51.6 Å². The number of methoxy groups -OCH3 is 2. The molecular weight excluding hydrogens is 937 g/mol. The van der Waals surface area contributed by atoms with Crippen LogP contribution in [0.1, 0.15) is 60.3 Å². The molecule has 0 bridgehead atoms. The number of nitrogens with one attached hydrogen (secondary N) is 4. The van der Waals surface area contributed by atoms with Gasteiger partial charge in [-0.1, -0.05) is 50.3 Å². The van der Waals surface area contributed by atoms with Crippen LogP contribution in [0.25, 0.3) is 11.1 Å². The molecule has 0 radical (unpaired) electrons. The Morgan fingerprint density at radius 1 is 0.568 bits per heavy atom. The Bertz CT molecular complexity index is 2820. The van der Waals surface area contributed by atoms with Crippen molar-refractivity contribution in [2.75, 3.05) is 102 Å². The van der Waals surface area contributed by atoms with Crippen molar-refractivity contribution >= 4 is 57.6 Å². The zero-order valence-electron chi connectivity index (χ0n) is 43.7. The van der Waals surface area contributed by atoms with Crippen LogP contribution in [0.5, 0.6) is 11.8 Å². The Balaban J connectivity index is 0.000000182. The van der Waals surface area contributed by atoms with Crippen molar-refractivity contribution < 1.29 is 19.1 Å². The van der Waals surface area contributed by atoms with Gasteiger partial charge in [-0.25, -0.2) is 19.9 Å². The van der Waals surface area contributed by atoms with Crippen LogP contribution in [0.2, 0.25) is 0 Å². The lowest BCUT2D eigenvalue weighted by molar-refractivity contribution is -0.122. The van der Waals surface area contributed by atoms with Gasteiger partial charge in [0.2, 0.25) is 23.7 Å². The number of anilines is 6. The number of hydrogen-bond donors (Lipinski definition) is 4. The third kappa shape index (κ3) is 11.5. The highest BCUT2D eigenvalue weighted by molar-refractivity contribution is 5.98. The molecule has 0 unspecified atom stereocenters. The van der Waals surface area contributed by atoms with E-state index >= 15 is 0 Å². The van der Waals surface area contributed by atoms with Crippen LogP contribution in [0.4, 0.5) is 34.6 Å². The van der Waals surface area contributed by atoms with Gasteiger partial charge in [-0.3, -0.25) is 28.8 Å². The van der Waals surface area contributed by atoms with E-state index in [1.54, 1.807) is 36.0 Å². The normalized spacial score (nSPS) is 16.7. The van der Waals surface area contributed by atoms with Gasteiger partial charge in [0.1, 0.15) is 11.4 Å². The molecule has 0 spiro atoms. The number of carbonyl (C=O) groups is 2. The summed E-state index contributed by atoms with van der Waals surface area (Å²) in [5.41, 5.74) is 11.2. The Morgan fingerprint density at radius 3 is 1.35 bits per heavy atom. The SMILES string of the molecule is CC[C@@H](C(=O)Nc1cccc2c1CC=C2c1ccnc(Nc2cn(C)nc2OC)n1)N1CCN(C)CC1.CC[C@H](C(=O)Nc1cccc2c1CC=C2c1ccnc(Nc2cn(C)nc2OC)n1)N1CCN(C)CC1. The monoisotopic (exact) mass is 1000 g/mol. The highest BCUT2D eigenvalue weighted by Gasteiger charge is 2.30. The lowest BCUT2D eigenvalue weighted by Gasteiger charge is -2.36. The van der Waals surface area contributed by atoms with Crippen molar-refractivity contribution in [3.8, 4) is 11.8 Å². The summed E-state index contributed by atoms with van der Waals surface area (Å²) in [4.78, 5) is 54.1. The number of rotatable bonds is 16. The van der Waals surface area contributed by atoms with Gasteiger partial charge in [0, 0.05) is 101 Å². The maximum atomic E-state index is 13.3. The number of aromatic nitrogens is 8. The third-order valence-electron chi connectivity index (χ3n) is 14.1. The zero-order chi connectivity index (χ0) is 51.9. The summed E-state index contributed by atoms with van der Waals surface area (Å²) in [6.07, 6.45) is 14.5. The van der Waals surface area contributed by atoms with Crippen LogP contribution in [-0.2, 0) is 36.5 Å². The quantitative estimate of drug-likeness (QED) is 0.0902. The number of nitrogens with zero attached hydrogens (tertiary/aromatic N) is 12. The average molecular weight is 1010 g/mol. The highest BCUT2D eigenvalue weighted by atomic mass is 16.5. The second kappa shape index (κ2) is 23.1. The van der Waals surface area contributed by atoms with E-state index in [1.165, 1.54) is 0 Å². The summed E-state index contributed by atoms with van der Waals surface area (Å²) < 4.78 is 14.0. The molecule has 2 aromatic carbocycles. The molecule has 2 aliphatic carbocycles. The molecule has 2 amide bonds. The summed E-state index contributed by atoms with van der Waals surface area (Å²) in [7, 11) is 11.1. The summed E-state index contributed by atoms with van der Waals surface area (Å²) in [5.74, 6) is 2.00. The van der Waals surface area contributed by atoms with Crippen LogP contribution in [0, 0.1) is 0 Å². The maximum Gasteiger partial charge on any atom is 0.256 e. The fourth-order valence-electron chi connectivity index (χ4n) is 10.2. The van der Waals surface area contributed by atoms with Crippen molar-refractivity contribution in [3.05, 3.63) is 119 Å². The van der Waals surface area contributed by atoms with Gasteiger partial charge in [0.25, 0.3) is 11.8 Å². The smallest absolute Gasteiger partial charge is 0.256 e. The molecule has 2 atom stereocenters. The maximum absolute atomic E-state index is 13.3. The predicted octanol–water partition coefficient (Wildman–Crippen LogP) is 5.83. The van der Waals surface area contributed by atoms with Gasteiger partial charge in [-0.05, 0) is 86.3 Å². The van der Waals surface area contributed by atoms with Crippen LogP contribution in [-0.4, -0.2) is 164 Å². The number of likely N-dealkylation sites (N-methyl/N-ethyl adjacent to an activating group) is 2. The van der Waals surface area contributed by atoms with Gasteiger partial charge in [-0.2, -0.15) is 0 Å².